The van der Waals surface area contributed by atoms with Gasteiger partial charge in [-0.05, 0) is 51.3 Å². The van der Waals surface area contributed by atoms with Gasteiger partial charge >= 0.3 is 12.1 Å². The fourth-order valence-corrected chi connectivity index (χ4v) is 3.89. The van der Waals surface area contributed by atoms with Crippen molar-refractivity contribution in [3.05, 3.63) is 29.8 Å². The number of amides is 1. The maximum Gasteiger partial charge on any atom is 0.408 e. The fraction of sp³-hybridized carbons (Fsp3) is 0.636. The molecule has 9 heteroatoms. The third-order valence-electron chi connectivity index (χ3n) is 4.49. The Hall–Kier alpha value is -1.37. The molecule has 0 aliphatic carbocycles. The predicted octanol–water partition coefficient (Wildman–Crippen LogP) is 6.30. The van der Waals surface area contributed by atoms with Gasteiger partial charge in [-0.25, -0.2) is 9.59 Å². The smallest absolute Gasteiger partial charge is 0.408 e. The predicted molar refractivity (Wildman–Crippen MR) is 124 cm³/mol. The normalized spacial score (nSPS) is 13.4. The molecule has 0 aliphatic heterocycles. The highest BCUT2D eigenvalue weighted by molar-refractivity contribution is 6.68. The highest BCUT2D eigenvalue weighted by Gasteiger charge is 2.50. The maximum absolute atomic E-state index is 12.6. The lowest BCUT2D eigenvalue weighted by molar-refractivity contribution is -0.139. The largest absolute Gasteiger partial charge is 0.488 e. The second kappa shape index (κ2) is 11.5. The Balaban J connectivity index is 2.92. The van der Waals surface area contributed by atoms with Crippen LogP contribution in [-0.2, 0) is 16.0 Å². The molecule has 0 bridgehead atoms. The number of carboxylic acids is 1. The summed E-state index contributed by atoms with van der Waals surface area (Å²) in [5.41, 5.74) is -0.980. The minimum atomic E-state index is -1.85. The van der Waals surface area contributed by atoms with Gasteiger partial charge in [-0.1, -0.05) is 73.6 Å². The van der Waals surface area contributed by atoms with Crippen LogP contribution < -0.4 is 10.1 Å². The van der Waals surface area contributed by atoms with Crippen LogP contribution in [0.15, 0.2) is 24.3 Å². The summed E-state index contributed by atoms with van der Waals surface area (Å²) in [5, 5.41) is 12.0. The van der Waals surface area contributed by atoms with E-state index < -0.39 is 27.5 Å². The molecule has 1 atom stereocenters. The number of ether oxygens (including phenoxy) is 2. The molecule has 1 aromatic carbocycles. The van der Waals surface area contributed by atoms with Crippen molar-refractivity contribution in [2.24, 2.45) is 0 Å². The zero-order chi connectivity index (χ0) is 23.9. The molecule has 0 aliphatic rings. The topological polar surface area (TPSA) is 84.9 Å². The zero-order valence-electron chi connectivity index (χ0n) is 18.6. The van der Waals surface area contributed by atoms with E-state index in [-0.39, 0.29) is 12.0 Å². The molecule has 0 fully saturated rings. The highest BCUT2D eigenvalue weighted by Crippen LogP contribution is 2.46. The Labute approximate surface area is 199 Å². The Morgan fingerprint density at radius 2 is 1.55 bits per heavy atom. The molecule has 1 amide bonds. The number of carbonyl (C=O) groups is 2. The number of alkyl carbamates (subject to hydrolysis) is 1. The molecule has 31 heavy (non-hydrogen) atoms. The van der Waals surface area contributed by atoms with E-state index in [1.54, 1.807) is 24.3 Å². The molecular formula is C22H32Cl3NO5. The summed E-state index contributed by atoms with van der Waals surface area (Å²) in [5.74, 6) is -0.528. The summed E-state index contributed by atoms with van der Waals surface area (Å²) in [4.78, 5) is 24.3. The third kappa shape index (κ3) is 8.95. The van der Waals surface area contributed by atoms with Crippen molar-refractivity contribution < 1.29 is 24.2 Å². The zero-order valence-corrected chi connectivity index (χ0v) is 20.9. The molecule has 0 heterocycles. The molecule has 0 saturated heterocycles. The van der Waals surface area contributed by atoms with Gasteiger partial charge in [0, 0.05) is 6.42 Å². The molecule has 176 valence electrons. The summed E-state index contributed by atoms with van der Waals surface area (Å²) in [6.45, 7) is 9.58. The number of carbonyl (C=O) groups excluding carboxylic acids is 1. The van der Waals surface area contributed by atoms with Crippen molar-refractivity contribution in [3.8, 4) is 5.75 Å². The first-order valence-electron chi connectivity index (χ1n) is 10.3. The van der Waals surface area contributed by atoms with Gasteiger partial charge in [0.05, 0.1) is 0 Å². The van der Waals surface area contributed by atoms with Crippen LogP contribution in [0.4, 0.5) is 4.79 Å². The van der Waals surface area contributed by atoms with Gasteiger partial charge in [0.15, 0.2) is 5.60 Å². The number of halogens is 3. The van der Waals surface area contributed by atoms with Crippen LogP contribution in [0.1, 0.15) is 65.9 Å². The second-order valence-corrected chi connectivity index (χ2v) is 10.8. The van der Waals surface area contributed by atoms with Crippen molar-refractivity contribution in [2.75, 3.05) is 0 Å². The maximum atomic E-state index is 12.6. The first-order chi connectivity index (χ1) is 14.2. The Morgan fingerprint density at radius 1 is 1.03 bits per heavy atom. The molecule has 0 radical (unpaired) electrons. The Morgan fingerprint density at radius 3 is 1.94 bits per heavy atom. The summed E-state index contributed by atoms with van der Waals surface area (Å²) in [7, 11) is 0. The minimum absolute atomic E-state index is 0.0581. The molecule has 6 nitrogen and oxygen atoms in total. The molecule has 1 aromatic rings. The van der Waals surface area contributed by atoms with Gasteiger partial charge in [-0.3, -0.25) is 0 Å². The lowest BCUT2D eigenvalue weighted by Crippen LogP contribution is -2.51. The standard InChI is InChI=1S/C22H32Cl3NO5/c1-6-12-21(13-7-2,22(23,24)25)31-19(29)26-17(18(27)28)14-15-8-10-16(11-9-15)30-20(3,4)5/h8-11,17H,6-7,12-14H2,1-5H3,(H,26,29)(H,27,28)/t17-/m0/s1. The van der Waals surface area contributed by atoms with Gasteiger partial charge < -0.3 is 19.9 Å². The van der Waals surface area contributed by atoms with Gasteiger partial charge in [0.1, 0.15) is 17.4 Å². The van der Waals surface area contributed by atoms with Crippen LogP contribution in [0.5, 0.6) is 5.75 Å². The van der Waals surface area contributed by atoms with Crippen molar-refractivity contribution in [2.45, 2.75) is 87.8 Å². The molecule has 0 unspecified atom stereocenters. The van der Waals surface area contributed by atoms with E-state index in [1.807, 2.05) is 34.6 Å². The Bertz CT molecular complexity index is 720. The quantitative estimate of drug-likeness (QED) is 0.372. The summed E-state index contributed by atoms with van der Waals surface area (Å²) in [6.07, 6.45) is 1.02. The lowest BCUT2D eigenvalue weighted by Gasteiger charge is -2.39. The monoisotopic (exact) mass is 495 g/mol. The molecule has 1 rings (SSSR count). The van der Waals surface area contributed by atoms with Crippen LogP contribution in [-0.4, -0.2) is 38.2 Å². The summed E-state index contributed by atoms with van der Waals surface area (Å²) in [6, 6.07) is 5.81. The average molecular weight is 497 g/mol. The number of benzene rings is 1. The number of hydrogen-bond acceptors (Lipinski definition) is 4. The van der Waals surface area contributed by atoms with Gasteiger partial charge in [0.2, 0.25) is 3.79 Å². The van der Waals surface area contributed by atoms with E-state index in [4.69, 9.17) is 44.3 Å². The fourth-order valence-electron chi connectivity index (χ4n) is 3.21. The lowest BCUT2D eigenvalue weighted by atomic mass is 9.94. The van der Waals surface area contributed by atoms with E-state index in [9.17, 15) is 14.7 Å². The van der Waals surface area contributed by atoms with E-state index in [0.29, 0.717) is 37.0 Å². The minimum Gasteiger partial charge on any atom is -0.488 e. The van der Waals surface area contributed by atoms with Gasteiger partial charge in [-0.15, -0.1) is 0 Å². The Kier molecular flexibility index (Phi) is 10.2. The number of carboxylic acid groups (broad SMARTS) is 1. The number of aliphatic carboxylic acids is 1. The van der Waals surface area contributed by atoms with E-state index >= 15 is 0 Å². The molecular weight excluding hydrogens is 465 g/mol. The number of alkyl halides is 3. The van der Waals surface area contributed by atoms with Crippen molar-refractivity contribution in [3.63, 3.8) is 0 Å². The third-order valence-corrected chi connectivity index (χ3v) is 5.52. The van der Waals surface area contributed by atoms with Crippen LogP contribution in [0.25, 0.3) is 0 Å². The number of nitrogens with one attached hydrogen (secondary N) is 1. The first kappa shape index (κ1) is 27.7. The summed E-state index contributed by atoms with van der Waals surface area (Å²) >= 11 is 18.4. The molecule has 0 spiro atoms. The number of hydrogen-bond donors (Lipinski definition) is 2. The van der Waals surface area contributed by atoms with E-state index in [1.165, 1.54) is 0 Å². The van der Waals surface area contributed by atoms with Crippen LogP contribution in [0, 0.1) is 0 Å². The molecule has 0 saturated carbocycles. The van der Waals surface area contributed by atoms with E-state index in [0.717, 1.165) is 0 Å². The van der Waals surface area contributed by atoms with E-state index in [2.05, 4.69) is 5.32 Å². The number of rotatable bonds is 10. The highest BCUT2D eigenvalue weighted by atomic mass is 35.6. The van der Waals surface area contributed by atoms with Crippen LogP contribution in [0.2, 0.25) is 0 Å². The molecule has 2 N–H and O–H groups in total. The van der Waals surface area contributed by atoms with Gasteiger partial charge in [-0.2, -0.15) is 0 Å². The van der Waals surface area contributed by atoms with Crippen molar-refractivity contribution >= 4 is 46.9 Å². The van der Waals surface area contributed by atoms with Crippen molar-refractivity contribution in [1.82, 2.24) is 5.32 Å². The summed E-state index contributed by atoms with van der Waals surface area (Å²) < 4.78 is 9.46. The second-order valence-electron chi connectivity index (χ2n) is 8.48. The van der Waals surface area contributed by atoms with Crippen molar-refractivity contribution in [1.29, 1.82) is 0 Å². The van der Waals surface area contributed by atoms with Crippen LogP contribution in [0.3, 0.4) is 0 Å². The molecule has 0 aromatic heterocycles. The SMILES string of the molecule is CCCC(CCC)(OC(=O)N[C@@H](Cc1ccc(OC(C)(C)C)cc1)C(=O)O)C(Cl)(Cl)Cl. The average Bonchev–Trinajstić information content (AvgIpc) is 2.60. The van der Waals surface area contributed by atoms with Crippen LogP contribution >= 0.6 is 34.8 Å². The van der Waals surface area contributed by atoms with Gasteiger partial charge in [0.25, 0.3) is 0 Å². The first-order valence-corrected chi connectivity index (χ1v) is 11.4.